The minimum atomic E-state index is -4.73. The highest BCUT2D eigenvalue weighted by molar-refractivity contribution is 7.81. The van der Waals surface area contributed by atoms with Gasteiger partial charge in [-0.05, 0) is 41.4 Å². The first-order chi connectivity index (χ1) is 11.2. The van der Waals surface area contributed by atoms with Crippen molar-refractivity contribution in [3.05, 3.63) is 58.1 Å². The number of nitrogens with two attached hydrogens (primary N) is 1. The Morgan fingerprint density at radius 2 is 1.96 bits per heavy atom. The summed E-state index contributed by atoms with van der Waals surface area (Å²) in [7, 11) is 0. The molecule has 128 valence electrons. The molecule has 4 nitrogen and oxygen atoms in total. The molecule has 10 heteroatoms. The van der Waals surface area contributed by atoms with E-state index in [0.29, 0.717) is 6.08 Å². The van der Waals surface area contributed by atoms with Gasteiger partial charge < -0.3 is 10.3 Å². The van der Waals surface area contributed by atoms with Crippen LogP contribution in [-0.4, -0.2) is 20.6 Å². The van der Waals surface area contributed by atoms with Gasteiger partial charge in [-0.25, -0.2) is 4.99 Å². The fourth-order valence-corrected chi connectivity index (χ4v) is 3.20. The Kier molecular flexibility index (Phi) is 5.81. The number of alkyl halides is 3. The van der Waals surface area contributed by atoms with Gasteiger partial charge >= 0.3 is 6.18 Å². The minimum absolute atomic E-state index is 0.0316. The van der Waals surface area contributed by atoms with E-state index in [4.69, 9.17) is 17.3 Å². The number of nitrogens with zero attached hydrogens (tertiary/aromatic N) is 1. The molecule has 0 amide bonds. The predicted molar refractivity (Wildman–Crippen MR) is 87.5 cm³/mol. The van der Waals surface area contributed by atoms with E-state index in [2.05, 4.69) is 4.99 Å². The average Bonchev–Trinajstić information content (AvgIpc) is 2.97. The number of rotatable bonds is 4. The van der Waals surface area contributed by atoms with Gasteiger partial charge in [-0.2, -0.15) is 13.2 Å². The Labute approximate surface area is 146 Å². The summed E-state index contributed by atoms with van der Waals surface area (Å²) in [6, 6.07) is 8.92. The first-order valence-electron chi connectivity index (χ1n) is 6.25. The van der Waals surface area contributed by atoms with Gasteiger partial charge in [0.15, 0.2) is 0 Å². The molecule has 0 aliphatic carbocycles. The largest absolute Gasteiger partial charge is 0.768 e. The minimum Gasteiger partial charge on any atom is -0.768 e. The second kappa shape index (κ2) is 7.47. The van der Waals surface area contributed by atoms with Crippen molar-refractivity contribution in [3.8, 4) is 0 Å². The van der Waals surface area contributed by atoms with Crippen LogP contribution in [0.2, 0.25) is 5.02 Å². The molecule has 0 bridgehead atoms. The number of benzene rings is 1. The van der Waals surface area contributed by atoms with Crippen LogP contribution in [0.3, 0.4) is 0 Å². The number of hydrogen-bond donors (Lipinski definition) is 1. The second-order valence-electron chi connectivity index (χ2n) is 4.40. The van der Waals surface area contributed by atoms with Crippen molar-refractivity contribution >= 4 is 45.4 Å². The van der Waals surface area contributed by atoms with Crippen molar-refractivity contribution in [1.29, 1.82) is 0 Å². The van der Waals surface area contributed by atoms with Gasteiger partial charge in [0.2, 0.25) is 0 Å². The highest BCUT2D eigenvalue weighted by atomic mass is 35.5. The standard InChI is InChI=1S/C14H10ClF3N2O2S2/c15-8-3-1-2-4-9(8)20-10(7-12(19)14(16,17)18)11-5-6-13(23-11)24(21)22/h1-7H,19H2,(H,21,22)/p-1. The summed E-state index contributed by atoms with van der Waals surface area (Å²) >= 11 is 4.24. The van der Waals surface area contributed by atoms with E-state index in [1.807, 2.05) is 0 Å². The molecule has 2 aromatic rings. The van der Waals surface area contributed by atoms with Crippen molar-refractivity contribution < 1.29 is 21.9 Å². The van der Waals surface area contributed by atoms with Crippen LogP contribution in [0, 0.1) is 0 Å². The molecule has 1 heterocycles. The molecule has 1 atom stereocenters. The molecule has 0 aliphatic rings. The Morgan fingerprint density at radius 3 is 2.50 bits per heavy atom. The zero-order valence-corrected chi connectivity index (χ0v) is 14.1. The number of aliphatic imine (C=N–C) groups is 1. The Bertz CT molecular complexity index is 831. The lowest BCUT2D eigenvalue weighted by Crippen LogP contribution is -2.20. The number of halogens is 4. The van der Waals surface area contributed by atoms with E-state index < -0.39 is 23.0 Å². The summed E-state index contributed by atoms with van der Waals surface area (Å²) in [6.07, 6.45) is -4.09. The average molecular weight is 394 g/mol. The molecular weight excluding hydrogens is 385 g/mol. The summed E-state index contributed by atoms with van der Waals surface area (Å²) in [5.74, 6) is 0. The number of para-hydroxylation sites is 1. The van der Waals surface area contributed by atoms with Gasteiger partial charge in [-0.15, -0.1) is 11.3 Å². The molecule has 2 rings (SSSR count). The van der Waals surface area contributed by atoms with Gasteiger partial charge in [0.1, 0.15) is 5.70 Å². The summed E-state index contributed by atoms with van der Waals surface area (Å²) in [6.45, 7) is 0. The third-order valence-corrected chi connectivity index (χ3v) is 5.06. The Morgan fingerprint density at radius 1 is 1.29 bits per heavy atom. The van der Waals surface area contributed by atoms with Crippen LogP contribution in [-0.2, 0) is 11.1 Å². The lowest BCUT2D eigenvalue weighted by atomic mass is 10.2. The van der Waals surface area contributed by atoms with Crippen LogP contribution in [0.25, 0.3) is 0 Å². The molecule has 0 spiro atoms. The summed E-state index contributed by atoms with van der Waals surface area (Å²) < 4.78 is 60.0. The maximum absolute atomic E-state index is 12.7. The smallest absolute Gasteiger partial charge is 0.430 e. The van der Waals surface area contributed by atoms with Gasteiger partial charge in [0.25, 0.3) is 0 Å². The highest BCUT2D eigenvalue weighted by Crippen LogP contribution is 2.29. The fraction of sp³-hybridized carbons (Fsp3) is 0.0714. The quantitative estimate of drug-likeness (QED) is 0.625. The second-order valence-corrected chi connectivity index (χ2v) is 7.06. The van der Waals surface area contributed by atoms with Crippen molar-refractivity contribution in [2.75, 3.05) is 0 Å². The highest BCUT2D eigenvalue weighted by Gasteiger charge is 2.32. The van der Waals surface area contributed by atoms with Crippen molar-refractivity contribution in [1.82, 2.24) is 0 Å². The number of thiophene rings is 1. The van der Waals surface area contributed by atoms with E-state index in [9.17, 15) is 21.9 Å². The van der Waals surface area contributed by atoms with Crippen molar-refractivity contribution in [2.24, 2.45) is 10.7 Å². The number of allylic oxidation sites excluding steroid dienone is 2. The fourth-order valence-electron chi connectivity index (χ4n) is 1.61. The van der Waals surface area contributed by atoms with Crippen LogP contribution in [0.5, 0.6) is 0 Å². The number of hydrogen-bond acceptors (Lipinski definition) is 5. The van der Waals surface area contributed by atoms with Crippen LogP contribution in [0.1, 0.15) is 4.88 Å². The summed E-state index contributed by atoms with van der Waals surface area (Å²) in [4.78, 5) is 4.30. The summed E-state index contributed by atoms with van der Waals surface area (Å²) in [5, 5.41) is 0.234. The normalized spacial score (nSPS) is 14.7. The summed E-state index contributed by atoms with van der Waals surface area (Å²) in [5.41, 5.74) is 3.79. The first kappa shape index (κ1) is 18.7. The molecule has 0 fully saturated rings. The topological polar surface area (TPSA) is 78.5 Å². The molecule has 24 heavy (non-hydrogen) atoms. The molecule has 1 aromatic heterocycles. The molecular formula is C14H9ClF3N2O2S2-. The van der Waals surface area contributed by atoms with Crippen molar-refractivity contribution in [3.63, 3.8) is 0 Å². The van der Waals surface area contributed by atoms with Gasteiger partial charge in [0.05, 0.1) is 25.5 Å². The molecule has 0 radical (unpaired) electrons. The van der Waals surface area contributed by atoms with Crippen LogP contribution in [0.15, 0.2) is 57.4 Å². The predicted octanol–water partition coefficient (Wildman–Crippen LogP) is 4.17. The molecule has 0 aliphatic heterocycles. The maximum Gasteiger partial charge on any atom is 0.430 e. The lowest BCUT2D eigenvalue weighted by molar-refractivity contribution is -0.0925. The SMILES string of the molecule is NC(=CC(=Nc1ccccc1Cl)c1ccc(S(=O)[O-])s1)C(F)(F)F. The van der Waals surface area contributed by atoms with E-state index in [0.717, 1.165) is 11.3 Å². The lowest BCUT2D eigenvalue weighted by Gasteiger charge is -2.08. The van der Waals surface area contributed by atoms with Crippen LogP contribution in [0.4, 0.5) is 18.9 Å². The van der Waals surface area contributed by atoms with E-state index in [1.54, 1.807) is 12.1 Å². The van der Waals surface area contributed by atoms with Crippen LogP contribution >= 0.6 is 22.9 Å². The monoisotopic (exact) mass is 393 g/mol. The molecule has 0 saturated heterocycles. The van der Waals surface area contributed by atoms with Gasteiger partial charge in [0, 0.05) is 0 Å². The molecule has 1 aromatic carbocycles. The molecule has 0 saturated carbocycles. The zero-order valence-electron chi connectivity index (χ0n) is 11.7. The first-order valence-corrected chi connectivity index (χ1v) is 8.52. The van der Waals surface area contributed by atoms with Gasteiger partial charge in [-0.1, -0.05) is 23.7 Å². The zero-order chi connectivity index (χ0) is 17.9. The van der Waals surface area contributed by atoms with E-state index in [1.165, 1.54) is 24.3 Å². The molecule has 1 unspecified atom stereocenters. The Hall–Kier alpha value is -1.68. The van der Waals surface area contributed by atoms with E-state index >= 15 is 0 Å². The molecule has 2 N–H and O–H groups in total. The third kappa shape index (κ3) is 4.67. The maximum atomic E-state index is 12.7. The third-order valence-electron chi connectivity index (χ3n) is 2.71. The van der Waals surface area contributed by atoms with E-state index in [-0.39, 0.29) is 25.5 Å². The van der Waals surface area contributed by atoms with Crippen LogP contribution < -0.4 is 5.73 Å². The Balaban J connectivity index is 2.57. The van der Waals surface area contributed by atoms with Crippen molar-refractivity contribution in [2.45, 2.75) is 10.4 Å². The van der Waals surface area contributed by atoms with Gasteiger partial charge in [-0.3, -0.25) is 4.21 Å².